The summed E-state index contributed by atoms with van der Waals surface area (Å²) in [5.41, 5.74) is 1.25. The van der Waals surface area contributed by atoms with Crippen LogP contribution in [0, 0.1) is 0 Å². The lowest BCUT2D eigenvalue weighted by Crippen LogP contribution is -2.38. The zero-order chi connectivity index (χ0) is 15.8. The monoisotopic (exact) mass is 302 g/mol. The van der Waals surface area contributed by atoms with Gasteiger partial charge in [0.05, 0.1) is 13.7 Å². The Morgan fingerprint density at radius 3 is 2.64 bits per heavy atom. The predicted molar refractivity (Wildman–Crippen MR) is 85.9 cm³/mol. The predicted octanol–water partition coefficient (Wildman–Crippen LogP) is 0.731. The zero-order valence-electron chi connectivity index (χ0n) is 13.2. The van der Waals surface area contributed by atoms with Crippen LogP contribution in [0.25, 0.3) is 0 Å². The fourth-order valence-electron chi connectivity index (χ4n) is 1.97. The first kappa shape index (κ1) is 15.8. The summed E-state index contributed by atoms with van der Waals surface area (Å²) in [7, 11) is 5.33. The van der Waals surface area contributed by atoms with Crippen LogP contribution in [0.1, 0.15) is 11.4 Å². The first-order chi connectivity index (χ1) is 10.7. The second-order valence-corrected chi connectivity index (χ2v) is 4.81. The van der Waals surface area contributed by atoms with Gasteiger partial charge >= 0.3 is 0 Å². The summed E-state index contributed by atoms with van der Waals surface area (Å²) in [5, 5.41) is 14.4. The number of aliphatic imine (C=N–C) groups is 1. The van der Waals surface area contributed by atoms with Gasteiger partial charge in [0.15, 0.2) is 11.8 Å². The van der Waals surface area contributed by atoms with Gasteiger partial charge in [-0.3, -0.25) is 4.99 Å². The van der Waals surface area contributed by atoms with Gasteiger partial charge in [0, 0.05) is 20.6 Å². The molecule has 0 atom stereocenters. The molecule has 2 N–H and O–H groups in total. The fraction of sp³-hybridized carbons (Fsp3) is 0.400. The van der Waals surface area contributed by atoms with E-state index in [1.807, 2.05) is 23.7 Å². The number of ether oxygens (including phenoxy) is 1. The normalized spacial score (nSPS) is 11.3. The molecule has 1 aromatic heterocycles. The molecule has 7 nitrogen and oxygen atoms in total. The van der Waals surface area contributed by atoms with E-state index in [0.29, 0.717) is 6.54 Å². The lowest BCUT2D eigenvalue weighted by Gasteiger charge is -2.11. The van der Waals surface area contributed by atoms with Gasteiger partial charge in [0.2, 0.25) is 0 Å². The summed E-state index contributed by atoms with van der Waals surface area (Å²) >= 11 is 0. The summed E-state index contributed by atoms with van der Waals surface area (Å²) in [6, 6.07) is 8.07. The van der Waals surface area contributed by atoms with Crippen molar-refractivity contribution in [3.63, 3.8) is 0 Å². The Morgan fingerprint density at radius 2 is 2.05 bits per heavy atom. The number of aryl methyl sites for hydroxylation is 1. The van der Waals surface area contributed by atoms with Gasteiger partial charge in [-0.15, -0.1) is 10.2 Å². The van der Waals surface area contributed by atoms with Crippen LogP contribution in [0.5, 0.6) is 5.75 Å². The Bertz CT molecular complexity index is 605. The number of hydrogen-bond acceptors (Lipinski definition) is 4. The quantitative estimate of drug-likeness (QED) is 0.608. The van der Waals surface area contributed by atoms with Crippen LogP contribution in [0.2, 0.25) is 0 Å². The van der Waals surface area contributed by atoms with E-state index in [1.54, 1.807) is 20.5 Å². The molecule has 0 radical (unpaired) electrons. The third-order valence-corrected chi connectivity index (χ3v) is 3.31. The lowest BCUT2D eigenvalue weighted by atomic mass is 10.1. The van der Waals surface area contributed by atoms with Crippen LogP contribution in [-0.2, 0) is 20.0 Å². The van der Waals surface area contributed by atoms with Gasteiger partial charge in [-0.1, -0.05) is 12.1 Å². The molecule has 0 aliphatic heterocycles. The number of nitrogens with one attached hydrogen (secondary N) is 2. The fourth-order valence-corrected chi connectivity index (χ4v) is 1.97. The topological polar surface area (TPSA) is 76.4 Å². The third kappa shape index (κ3) is 4.47. The molecule has 0 aliphatic rings. The molecule has 0 unspecified atom stereocenters. The maximum absolute atomic E-state index is 5.15. The van der Waals surface area contributed by atoms with E-state index in [0.717, 1.165) is 30.5 Å². The van der Waals surface area contributed by atoms with Crippen LogP contribution < -0.4 is 15.4 Å². The standard InChI is InChI=1S/C15H22N6O/c1-16-15(18-10-14-20-19-11-21(14)2)17-9-8-12-4-6-13(22-3)7-5-12/h4-7,11H,8-10H2,1-3H3,(H2,16,17,18). The molecule has 0 fully saturated rings. The second kappa shape index (κ2) is 8.02. The largest absolute Gasteiger partial charge is 0.497 e. The first-order valence-corrected chi connectivity index (χ1v) is 7.13. The summed E-state index contributed by atoms with van der Waals surface area (Å²) in [5.74, 6) is 2.48. The highest BCUT2D eigenvalue weighted by atomic mass is 16.5. The van der Waals surface area contributed by atoms with Gasteiger partial charge in [0.1, 0.15) is 12.1 Å². The van der Waals surface area contributed by atoms with E-state index in [9.17, 15) is 0 Å². The van der Waals surface area contributed by atoms with E-state index in [4.69, 9.17) is 4.74 Å². The third-order valence-electron chi connectivity index (χ3n) is 3.31. The summed E-state index contributed by atoms with van der Waals surface area (Å²) < 4.78 is 7.02. The molecule has 7 heteroatoms. The van der Waals surface area contributed by atoms with Crippen LogP contribution in [0.3, 0.4) is 0 Å². The van der Waals surface area contributed by atoms with Crippen LogP contribution in [-0.4, -0.2) is 41.4 Å². The Labute approximate surface area is 130 Å². The summed E-state index contributed by atoms with van der Waals surface area (Å²) in [6.07, 6.45) is 2.59. The van der Waals surface area contributed by atoms with Crippen molar-refractivity contribution in [2.45, 2.75) is 13.0 Å². The minimum atomic E-state index is 0.582. The molecule has 1 heterocycles. The van der Waals surface area contributed by atoms with Crippen molar-refractivity contribution in [2.24, 2.45) is 12.0 Å². The molecule has 22 heavy (non-hydrogen) atoms. The number of hydrogen-bond donors (Lipinski definition) is 2. The lowest BCUT2D eigenvalue weighted by molar-refractivity contribution is 0.414. The van der Waals surface area contributed by atoms with Crippen molar-refractivity contribution in [1.29, 1.82) is 0 Å². The molecule has 0 bridgehead atoms. The molecule has 2 rings (SSSR count). The number of benzene rings is 1. The van der Waals surface area contributed by atoms with Gasteiger partial charge in [-0.05, 0) is 24.1 Å². The number of methoxy groups -OCH3 is 1. The summed E-state index contributed by atoms with van der Waals surface area (Å²) in [4.78, 5) is 4.19. The van der Waals surface area contributed by atoms with Crippen LogP contribution in [0.15, 0.2) is 35.6 Å². The Balaban J connectivity index is 1.75. The SMILES string of the molecule is CN=C(NCCc1ccc(OC)cc1)NCc1nncn1C. The highest BCUT2D eigenvalue weighted by Crippen LogP contribution is 2.11. The molecular weight excluding hydrogens is 280 g/mol. The molecule has 0 spiro atoms. The van der Waals surface area contributed by atoms with E-state index in [2.05, 4.69) is 38.0 Å². The Morgan fingerprint density at radius 1 is 1.27 bits per heavy atom. The number of rotatable bonds is 6. The van der Waals surface area contributed by atoms with Gasteiger partial charge in [-0.25, -0.2) is 0 Å². The van der Waals surface area contributed by atoms with E-state index in [-0.39, 0.29) is 0 Å². The summed E-state index contributed by atoms with van der Waals surface area (Å²) in [6.45, 7) is 1.38. The van der Waals surface area contributed by atoms with Crippen LogP contribution >= 0.6 is 0 Å². The Hall–Kier alpha value is -2.57. The highest BCUT2D eigenvalue weighted by Gasteiger charge is 2.02. The minimum Gasteiger partial charge on any atom is -0.497 e. The van der Waals surface area contributed by atoms with Crippen molar-refractivity contribution in [3.05, 3.63) is 42.0 Å². The maximum atomic E-state index is 5.15. The average molecular weight is 302 g/mol. The zero-order valence-corrected chi connectivity index (χ0v) is 13.2. The molecule has 2 aromatic rings. The Kier molecular flexibility index (Phi) is 5.76. The molecule has 0 saturated carbocycles. The van der Waals surface area contributed by atoms with Crippen LogP contribution in [0.4, 0.5) is 0 Å². The van der Waals surface area contributed by atoms with Crippen molar-refractivity contribution in [3.8, 4) is 5.75 Å². The highest BCUT2D eigenvalue weighted by molar-refractivity contribution is 5.79. The molecule has 0 saturated heterocycles. The van der Waals surface area contributed by atoms with Crippen molar-refractivity contribution < 1.29 is 4.74 Å². The van der Waals surface area contributed by atoms with Gasteiger partial charge in [0.25, 0.3) is 0 Å². The molecule has 0 aliphatic carbocycles. The first-order valence-electron chi connectivity index (χ1n) is 7.13. The van der Waals surface area contributed by atoms with E-state index >= 15 is 0 Å². The smallest absolute Gasteiger partial charge is 0.191 e. The van der Waals surface area contributed by atoms with Gasteiger partial charge in [-0.2, -0.15) is 0 Å². The molecule has 1 aromatic carbocycles. The number of aromatic nitrogens is 3. The van der Waals surface area contributed by atoms with E-state index < -0.39 is 0 Å². The molecular formula is C15H22N6O. The van der Waals surface area contributed by atoms with Crippen molar-refractivity contribution in [1.82, 2.24) is 25.4 Å². The molecule has 118 valence electrons. The number of guanidine groups is 1. The van der Waals surface area contributed by atoms with Gasteiger partial charge < -0.3 is 19.9 Å². The average Bonchev–Trinajstić information content (AvgIpc) is 2.96. The van der Waals surface area contributed by atoms with Crippen molar-refractivity contribution in [2.75, 3.05) is 20.7 Å². The van der Waals surface area contributed by atoms with E-state index in [1.165, 1.54) is 5.56 Å². The second-order valence-electron chi connectivity index (χ2n) is 4.81. The maximum Gasteiger partial charge on any atom is 0.191 e. The minimum absolute atomic E-state index is 0.582. The molecule has 0 amide bonds. The number of nitrogens with zero attached hydrogens (tertiary/aromatic N) is 4. The van der Waals surface area contributed by atoms with Crippen molar-refractivity contribution >= 4 is 5.96 Å².